The number of fused-ring (bicyclic) bond motifs is 1. The van der Waals surface area contributed by atoms with Crippen molar-refractivity contribution in [2.45, 2.75) is 39.7 Å². The molecule has 160 valence electrons. The van der Waals surface area contributed by atoms with Crippen LogP contribution in [0.3, 0.4) is 0 Å². The molecule has 0 radical (unpaired) electrons. The molecule has 8 heteroatoms. The first-order chi connectivity index (χ1) is 14.8. The van der Waals surface area contributed by atoms with Gasteiger partial charge in [-0.1, -0.05) is 20.8 Å². The molecule has 0 fully saturated rings. The van der Waals surface area contributed by atoms with Crippen LogP contribution in [0.5, 0.6) is 0 Å². The molecule has 3 heterocycles. The van der Waals surface area contributed by atoms with Crippen molar-refractivity contribution in [2.75, 3.05) is 23.8 Å². The quantitative estimate of drug-likeness (QED) is 0.562. The zero-order valence-corrected chi connectivity index (χ0v) is 18.3. The molecule has 8 nitrogen and oxygen atoms in total. The second-order valence-electron chi connectivity index (χ2n) is 8.77. The molecule has 0 saturated carbocycles. The Morgan fingerprint density at radius 1 is 1.35 bits per heavy atom. The van der Waals surface area contributed by atoms with Gasteiger partial charge in [0.1, 0.15) is 11.9 Å². The van der Waals surface area contributed by atoms with Crippen LogP contribution in [0.1, 0.15) is 37.6 Å². The van der Waals surface area contributed by atoms with E-state index in [-0.39, 0.29) is 6.61 Å². The Morgan fingerprint density at radius 2 is 2.16 bits per heavy atom. The zero-order valence-electron chi connectivity index (χ0n) is 18.3. The Bertz CT molecular complexity index is 1160. The lowest BCUT2D eigenvalue weighted by Crippen LogP contribution is -2.28. The molecule has 0 unspecified atom stereocenters. The van der Waals surface area contributed by atoms with Crippen LogP contribution < -0.4 is 10.6 Å². The van der Waals surface area contributed by atoms with E-state index >= 15 is 0 Å². The third-order valence-electron chi connectivity index (χ3n) is 5.54. The maximum absolute atomic E-state index is 9.93. The van der Waals surface area contributed by atoms with E-state index in [4.69, 9.17) is 0 Å². The highest BCUT2D eigenvalue weighted by atomic mass is 16.3. The third kappa shape index (κ3) is 3.97. The minimum Gasteiger partial charge on any atom is -0.395 e. The SMILES string of the molecule is Cc1cc(Nc2nccc(-c3cc(C#N)c4c(c3)[C@@](C)(CO)CN4)n2)n(CC(C)C)n1. The molecular formula is C23H27N7O. The summed E-state index contributed by atoms with van der Waals surface area (Å²) in [4.78, 5) is 9.06. The number of nitrogens with one attached hydrogen (secondary N) is 2. The number of hydrogen-bond acceptors (Lipinski definition) is 7. The number of aromatic nitrogens is 4. The lowest BCUT2D eigenvalue weighted by molar-refractivity contribution is 0.219. The Hall–Kier alpha value is -3.44. The molecule has 1 atom stereocenters. The maximum atomic E-state index is 9.93. The molecule has 2 aromatic heterocycles. The molecule has 1 aliphatic heterocycles. The molecule has 0 spiro atoms. The van der Waals surface area contributed by atoms with Crippen molar-refractivity contribution >= 4 is 17.5 Å². The van der Waals surface area contributed by atoms with E-state index < -0.39 is 5.41 Å². The molecule has 0 saturated heterocycles. The van der Waals surface area contributed by atoms with E-state index in [1.165, 1.54) is 0 Å². The predicted octanol–water partition coefficient (Wildman–Crippen LogP) is 3.60. The van der Waals surface area contributed by atoms with Gasteiger partial charge in [0.15, 0.2) is 0 Å². The van der Waals surface area contributed by atoms with E-state index in [2.05, 4.69) is 45.6 Å². The van der Waals surface area contributed by atoms with Crippen LogP contribution in [0, 0.1) is 24.2 Å². The second-order valence-corrected chi connectivity index (χ2v) is 8.77. The summed E-state index contributed by atoms with van der Waals surface area (Å²) in [5.74, 6) is 1.76. The predicted molar refractivity (Wildman–Crippen MR) is 120 cm³/mol. The van der Waals surface area contributed by atoms with E-state index in [0.29, 0.717) is 29.7 Å². The topological polar surface area (TPSA) is 112 Å². The second kappa shape index (κ2) is 8.00. The highest BCUT2D eigenvalue weighted by Crippen LogP contribution is 2.41. The van der Waals surface area contributed by atoms with Crippen LogP contribution in [0.4, 0.5) is 17.5 Å². The highest BCUT2D eigenvalue weighted by molar-refractivity contribution is 5.76. The largest absolute Gasteiger partial charge is 0.395 e. The Balaban J connectivity index is 1.70. The lowest BCUT2D eigenvalue weighted by atomic mass is 9.83. The van der Waals surface area contributed by atoms with Gasteiger partial charge in [0.05, 0.1) is 29.2 Å². The number of rotatable bonds is 6. The normalized spacial score (nSPS) is 17.3. The first kappa shape index (κ1) is 20.8. The van der Waals surface area contributed by atoms with Gasteiger partial charge in [0, 0.05) is 36.3 Å². The molecule has 31 heavy (non-hydrogen) atoms. The Kier molecular flexibility index (Phi) is 5.38. The number of benzene rings is 1. The van der Waals surface area contributed by atoms with Crippen molar-refractivity contribution in [3.8, 4) is 17.3 Å². The fourth-order valence-electron chi connectivity index (χ4n) is 3.89. The summed E-state index contributed by atoms with van der Waals surface area (Å²) in [6, 6.07) is 9.90. The molecule has 0 aliphatic carbocycles. The van der Waals surface area contributed by atoms with Crippen molar-refractivity contribution in [1.29, 1.82) is 5.26 Å². The third-order valence-corrected chi connectivity index (χ3v) is 5.54. The van der Waals surface area contributed by atoms with Crippen LogP contribution >= 0.6 is 0 Å². The Labute approximate surface area is 182 Å². The molecule has 1 aliphatic rings. The molecule has 3 N–H and O–H groups in total. The highest BCUT2D eigenvalue weighted by Gasteiger charge is 2.35. The van der Waals surface area contributed by atoms with Gasteiger partial charge in [-0.15, -0.1) is 0 Å². The average molecular weight is 418 g/mol. The minimum atomic E-state index is -0.439. The minimum absolute atomic E-state index is 0.00288. The van der Waals surface area contributed by atoms with Gasteiger partial charge in [-0.2, -0.15) is 10.4 Å². The number of anilines is 3. The van der Waals surface area contributed by atoms with Crippen molar-refractivity contribution in [3.63, 3.8) is 0 Å². The number of nitrogens with zero attached hydrogens (tertiary/aromatic N) is 5. The zero-order chi connectivity index (χ0) is 22.2. The summed E-state index contributed by atoms with van der Waals surface area (Å²) in [5, 5.41) is 30.7. The number of hydrogen-bond donors (Lipinski definition) is 3. The van der Waals surface area contributed by atoms with Crippen molar-refractivity contribution in [2.24, 2.45) is 5.92 Å². The van der Waals surface area contributed by atoms with Gasteiger partial charge in [-0.3, -0.25) is 0 Å². The van der Waals surface area contributed by atoms with Crippen LogP contribution in [-0.2, 0) is 12.0 Å². The monoisotopic (exact) mass is 417 g/mol. The van der Waals surface area contributed by atoms with Crippen molar-refractivity contribution < 1.29 is 5.11 Å². The van der Waals surface area contributed by atoms with Crippen molar-refractivity contribution in [3.05, 3.63) is 47.3 Å². The number of aryl methyl sites for hydroxylation is 1. The molecule has 4 rings (SSSR count). The van der Waals surface area contributed by atoms with Gasteiger partial charge in [-0.05, 0) is 36.6 Å². The summed E-state index contributed by atoms with van der Waals surface area (Å²) in [6.07, 6.45) is 1.70. The average Bonchev–Trinajstić information content (AvgIpc) is 3.26. The fraction of sp³-hybridized carbons (Fsp3) is 0.391. The molecular weight excluding hydrogens is 390 g/mol. The number of aliphatic hydroxyl groups excluding tert-OH is 1. The van der Waals surface area contributed by atoms with Gasteiger partial charge in [0.2, 0.25) is 5.95 Å². The van der Waals surface area contributed by atoms with Crippen LogP contribution in [0.25, 0.3) is 11.3 Å². The summed E-state index contributed by atoms with van der Waals surface area (Å²) in [5.41, 5.74) is 4.28. The number of nitriles is 1. The number of aliphatic hydroxyl groups is 1. The van der Waals surface area contributed by atoms with Crippen LogP contribution in [0.2, 0.25) is 0 Å². The van der Waals surface area contributed by atoms with E-state index in [9.17, 15) is 10.4 Å². The summed E-state index contributed by atoms with van der Waals surface area (Å²) < 4.78 is 1.93. The van der Waals surface area contributed by atoms with Gasteiger partial charge < -0.3 is 15.7 Å². The fourth-order valence-corrected chi connectivity index (χ4v) is 3.89. The van der Waals surface area contributed by atoms with Gasteiger partial charge in [-0.25, -0.2) is 14.6 Å². The van der Waals surface area contributed by atoms with Crippen LogP contribution in [-0.4, -0.2) is 38.0 Å². The first-order valence-corrected chi connectivity index (χ1v) is 10.4. The molecule has 3 aromatic rings. The lowest BCUT2D eigenvalue weighted by Gasteiger charge is -2.21. The summed E-state index contributed by atoms with van der Waals surface area (Å²) in [6.45, 7) is 9.62. The molecule has 1 aromatic carbocycles. The van der Waals surface area contributed by atoms with Crippen LogP contribution in [0.15, 0.2) is 30.5 Å². The smallest absolute Gasteiger partial charge is 0.228 e. The first-order valence-electron chi connectivity index (χ1n) is 10.4. The van der Waals surface area contributed by atoms with Gasteiger partial charge in [0.25, 0.3) is 0 Å². The van der Waals surface area contributed by atoms with Crippen molar-refractivity contribution in [1.82, 2.24) is 19.7 Å². The van der Waals surface area contributed by atoms with Gasteiger partial charge >= 0.3 is 0 Å². The van der Waals surface area contributed by atoms with E-state index in [1.54, 1.807) is 6.20 Å². The molecule has 0 bridgehead atoms. The molecule has 0 amide bonds. The standard InChI is InChI=1S/C23H27N7O/c1-14(2)11-30-20(7-15(3)29-30)28-22-25-6-5-19(27-22)16-8-17(10-24)21-18(9-16)23(4,13-31)12-26-21/h5-9,14,26,31H,11-13H2,1-4H3,(H,25,27,28)/t23-/m1/s1. The Morgan fingerprint density at radius 3 is 2.87 bits per heavy atom. The van der Waals surface area contributed by atoms with E-state index in [1.807, 2.05) is 42.8 Å². The summed E-state index contributed by atoms with van der Waals surface area (Å²) in [7, 11) is 0. The summed E-state index contributed by atoms with van der Waals surface area (Å²) >= 11 is 0. The van der Waals surface area contributed by atoms with E-state index in [0.717, 1.165) is 34.9 Å². The maximum Gasteiger partial charge on any atom is 0.228 e.